The number of imidazole rings is 1. The molecule has 0 saturated carbocycles. The van der Waals surface area contributed by atoms with Crippen LogP contribution in [0.25, 0.3) is 11.4 Å². The van der Waals surface area contributed by atoms with Crippen molar-refractivity contribution in [3.05, 3.63) is 190 Å². The SMILES string of the molecule is CCCc1nc(CC)c(C(=O)OC)n1C(c1cccc(F)c1)c1ccccc1-c1nnnn1C(c1ccccc1)(c1ccccc1)c1ccccc1. The lowest BCUT2D eigenvalue weighted by molar-refractivity contribution is 0.0586. The molecule has 7 aromatic rings. The van der Waals surface area contributed by atoms with Gasteiger partial charge in [-0.25, -0.2) is 18.9 Å². The summed E-state index contributed by atoms with van der Waals surface area (Å²) in [5.74, 6) is 0.289. The lowest BCUT2D eigenvalue weighted by Gasteiger charge is -2.36. The molecule has 0 amide bonds. The molecule has 0 fully saturated rings. The maximum atomic E-state index is 15.2. The first-order chi connectivity index (χ1) is 25.5. The van der Waals surface area contributed by atoms with Gasteiger partial charge in [-0.3, -0.25) is 0 Å². The zero-order valence-corrected chi connectivity index (χ0v) is 29.4. The molecule has 0 aliphatic rings. The van der Waals surface area contributed by atoms with E-state index in [0.717, 1.165) is 28.7 Å². The molecule has 0 spiro atoms. The van der Waals surface area contributed by atoms with E-state index in [2.05, 4.69) is 48.5 Å². The lowest BCUT2D eigenvalue weighted by atomic mass is 9.76. The van der Waals surface area contributed by atoms with Gasteiger partial charge in [0.2, 0.25) is 0 Å². The summed E-state index contributed by atoms with van der Waals surface area (Å²) in [5, 5.41) is 13.9. The highest BCUT2D eigenvalue weighted by atomic mass is 19.1. The number of methoxy groups -OCH3 is 1. The van der Waals surface area contributed by atoms with Crippen LogP contribution in [0.15, 0.2) is 140 Å². The normalized spacial score (nSPS) is 12.1. The van der Waals surface area contributed by atoms with Crippen LogP contribution in [0.5, 0.6) is 0 Å². The zero-order chi connectivity index (χ0) is 36.1. The van der Waals surface area contributed by atoms with Crippen LogP contribution in [0.1, 0.15) is 76.1 Å². The Labute approximate surface area is 302 Å². The maximum absolute atomic E-state index is 15.2. The molecule has 5 aromatic carbocycles. The monoisotopic (exact) mass is 690 g/mol. The number of carbonyl (C=O) groups is 1. The van der Waals surface area contributed by atoms with E-state index in [9.17, 15) is 4.79 Å². The standard InChI is InChI=1S/C43H39FN6O2/c1-4-18-38-45-37(5-2)40(42(51)52-3)49(38)39(30-19-17-26-34(44)29-30)35-27-15-16-28-36(35)41-46-47-48-50(41)43(31-20-9-6-10-21-31,32-22-11-7-12-23-32)33-24-13-8-14-25-33/h6-17,19-29,39H,4-5,18H2,1-3H3. The quantitative estimate of drug-likeness (QED) is 0.0945. The topological polar surface area (TPSA) is 87.7 Å². The van der Waals surface area contributed by atoms with Crippen molar-refractivity contribution in [3.63, 3.8) is 0 Å². The molecule has 8 nitrogen and oxygen atoms in total. The Kier molecular flexibility index (Phi) is 9.84. The second kappa shape index (κ2) is 14.9. The summed E-state index contributed by atoms with van der Waals surface area (Å²) in [6.07, 6.45) is 1.89. The van der Waals surface area contributed by atoms with Gasteiger partial charge >= 0.3 is 5.97 Å². The molecular formula is C43H39FN6O2. The average Bonchev–Trinajstić information content (AvgIpc) is 3.82. The Morgan fingerprint density at radius 2 is 1.38 bits per heavy atom. The molecule has 52 heavy (non-hydrogen) atoms. The molecule has 0 radical (unpaired) electrons. The molecule has 2 aromatic heterocycles. The molecule has 1 atom stereocenters. The van der Waals surface area contributed by atoms with E-state index in [0.29, 0.717) is 47.0 Å². The van der Waals surface area contributed by atoms with E-state index in [1.165, 1.54) is 19.2 Å². The molecule has 260 valence electrons. The van der Waals surface area contributed by atoms with Gasteiger partial charge in [0, 0.05) is 12.0 Å². The van der Waals surface area contributed by atoms with Crippen molar-refractivity contribution in [1.29, 1.82) is 0 Å². The number of benzene rings is 5. The molecule has 0 aliphatic carbocycles. The Balaban J connectivity index is 1.57. The van der Waals surface area contributed by atoms with Crippen molar-refractivity contribution in [2.45, 2.75) is 44.7 Å². The minimum Gasteiger partial charge on any atom is -0.464 e. The summed E-state index contributed by atoms with van der Waals surface area (Å²) < 4.78 is 24.4. The number of aromatic nitrogens is 6. The van der Waals surface area contributed by atoms with Crippen molar-refractivity contribution in [2.75, 3.05) is 7.11 Å². The molecule has 9 heteroatoms. The van der Waals surface area contributed by atoms with Crippen LogP contribution >= 0.6 is 0 Å². The summed E-state index contributed by atoms with van der Waals surface area (Å²) in [6, 6.07) is 44.2. The second-order valence-corrected chi connectivity index (χ2v) is 12.6. The Hall–Kier alpha value is -6.22. The molecule has 0 bridgehead atoms. The Bertz CT molecular complexity index is 2190. The number of hydrogen-bond donors (Lipinski definition) is 0. The number of tetrazole rings is 1. The van der Waals surface area contributed by atoms with Gasteiger partial charge in [0.15, 0.2) is 11.5 Å². The fourth-order valence-corrected chi connectivity index (χ4v) is 7.34. The summed E-state index contributed by atoms with van der Waals surface area (Å²) in [6.45, 7) is 4.03. The Morgan fingerprint density at radius 1 is 0.788 bits per heavy atom. The molecule has 2 heterocycles. The summed E-state index contributed by atoms with van der Waals surface area (Å²) in [5.41, 5.74) is 4.93. The van der Waals surface area contributed by atoms with Crippen LogP contribution in [0.4, 0.5) is 4.39 Å². The first-order valence-electron chi connectivity index (χ1n) is 17.5. The summed E-state index contributed by atoms with van der Waals surface area (Å²) in [4.78, 5) is 18.6. The van der Waals surface area contributed by atoms with Gasteiger partial charge < -0.3 is 9.30 Å². The molecule has 0 N–H and O–H groups in total. The second-order valence-electron chi connectivity index (χ2n) is 12.6. The van der Waals surface area contributed by atoms with Crippen molar-refractivity contribution >= 4 is 5.97 Å². The first kappa shape index (κ1) is 34.2. The van der Waals surface area contributed by atoms with Crippen LogP contribution in [0.3, 0.4) is 0 Å². The predicted molar refractivity (Wildman–Crippen MR) is 198 cm³/mol. The fraction of sp³-hybridized carbons (Fsp3) is 0.186. The molecular weight excluding hydrogens is 652 g/mol. The van der Waals surface area contributed by atoms with Gasteiger partial charge in [0.05, 0.1) is 18.8 Å². The maximum Gasteiger partial charge on any atom is 0.356 e. The third kappa shape index (κ3) is 5.98. The number of esters is 1. The number of rotatable bonds is 12. The van der Waals surface area contributed by atoms with E-state index in [1.54, 1.807) is 6.07 Å². The third-order valence-corrected chi connectivity index (χ3v) is 9.52. The van der Waals surface area contributed by atoms with Gasteiger partial charge in [0.25, 0.3) is 0 Å². The van der Waals surface area contributed by atoms with Crippen LogP contribution in [-0.4, -0.2) is 42.8 Å². The van der Waals surface area contributed by atoms with Gasteiger partial charge in [-0.2, -0.15) is 0 Å². The molecule has 1 unspecified atom stereocenters. The highest BCUT2D eigenvalue weighted by Gasteiger charge is 2.42. The van der Waals surface area contributed by atoms with Crippen molar-refractivity contribution in [2.24, 2.45) is 0 Å². The summed E-state index contributed by atoms with van der Waals surface area (Å²) >= 11 is 0. The van der Waals surface area contributed by atoms with Gasteiger partial charge in [-0.05, 0) is 63.2 Å². The smallest absolute Gasteiger partial charge is 0.356 e. The highest BCUT2D eigenvalue weighted by Crippen LogP contribution is 2.44. The van der Waals surface area contributed by atoms with Crippen molar-refractivity contribution in [1.82, 2.24) is 29.8 Å². The number of aryl methyl sites for hydroxylation is 2. The number of ether oxygens (including phenoxy) is 1. The van der Waals surface area contributed by atoms with E-state index >= 15 is 4.39 Å². The third-order valence-electron chi connectivity index (χ3n) is 9.52. The molecule has 0 aliphatic heterocycles. The lowest BCUT2D eigenvalue weighted by Crippen LogP contribution is -2.39. The minimum absolute atomic E-state index is 0.337. The highest BCUT2D eigenvalue weighted by molar-refractivity contribution is 5.89. The van der Waals surface area contributed by atoms with E-state index < -0.39 is 23.4 Å². The van der Waals surface area contributed by atoms with Gasteiger partial charge in [-0.1, -0.05) is 141 Å². The number of nitrogens with zero attached hydrogens (tertiary/aromatic N) is 6. The first-order valence-corrected chi connectivity index (χ1v) is 17.5. The van der Waals surface area contributed by atoms with E-state index in [-0.39, 0.29) is 0 Å². The fourth-order valence-electron chi connectivity index (χ4n) is 7.34. The zero-order valence-electron chi connectivity index (χ0n) is 29.4. The van der Waals surface area contributed by atoms with E-state index in [1.807, 2.05) is 101 Å². The van der Waals surface area contributed by atoms with Crippen LogP contribution in [0.2, 0.25) is 0 Å². The molecule has 0 saturated heterocycles. The van der Waals surface area contributed by atoms with Crippen molar-refractivity contribution in [3.8, 4) is 11.4 Å². The van der Waals surface area contributed by atoms with Gasteiger partial charge in [0.1, 0.15) is 17.2 Å². The minimum atomic E-state index is -1.00. The number of halogens is 1. The van der Waals surface area contributed by atoms with Crippen LogP contribution < -0.4 is 0 Å². The number of carbonyl (C=O) groups excluding carboxylic acids is 1. The predicted octanol–water partition coefficient (Wildman–Crippen LogP) is 8.46. The summed E-state index contributed by atoms with van der Waals surface area (Å²) in [7, 11) is 1.37. The van der Waals surface area contributed by atoms with Crippen LogP contribution in [-0.2, 0) is 23.1 Å². The van der Waals surface area contributed by atoms with Crippen molar-refractivity contribution < 1.29 is 13.9 Å². The largest absolute Gasteiger partial charge is 0.464 e. The van der Waals surface area contributed by atoms with Crippen LogP contribution in [0, 0.1) is 5.82 Å². The van der Waals surface area contributed by atoms with Gasteiger partial charge in [-0.15, -0.1) is 5.10 Å². The Morgan fingerprint density at radius 3 is 1.94 bits per heavy atom. The average molecular weight is 691 g/mol. The molecule has 7 rings (SSSR count). The number of hydrogen-bond acceptors (Lipinski definition) is 6. The van der Waals surface area contributed by atoms with E-state index in [4.69, 9.17) is 20.0 Å².